The summed E-state index contributed by atoms with van der Waals surface area (Å²) in [5, 5.41) is 21.0. The lowest BCUT2D eigenvalue weighted by Crippen LogP contribution is -2.45. The minimum atomic E-state index is -1.67. The summed E-state index contributed by atoms with van der Waals surface area (Å²) in [7, 11) is 2.87. The third-order valence-corrected chi connectivity index (χ3v) is 2.59. The molecule has 0 heterocycles. The molecule has 3 N–H and O–H groups in total. The summed E-state index contributed by atoms with van der Waals surface area (Å²) in [6.45, 7) is 1.92. The first-order valence-electron chi connectivity index (χ1n) is 5.58. The molecule has 0 bridgehead atoms. The molecule has 106 valence electrons. The molecule has 0 rings (SSSR count). The highest BCUT2D eigenvalue weighted by molar-refractivity contribution is 6.01. The van der Waals surface area contributed by atoms with Gasteiger partial charge in [0.1, 0.15) is 5.41 Å². The molecular formula is C11H21NO6. The molecule has 0 aliphatic rings. The van der Waals surface area contributed by atoms with Gasteiger partial charge in [-0.25, -0.2) is 0 Å². The normalized spacial score (nSPS) is 15.8. The van der Waals surface area contributed by atoms with Gasteiger partial charge in [0, 0.05) is 20.6 Å². The van der Waals surface area contributed by atoms with Gasteiger partial charge in [0.2, 0.25) is 5.91 Å². The Morgan fingerprint density at radius 3 is 2.44 bits per heavy atom. The van der Waals surface area contributed by atoms with E-state index >= 15 is 0 Å². The van der Waals surface area contributed by atoms with Crippen LogP contribution >= 0.6 is 0 Å². The van der Waals surface area contributed by atoms with Gasteiger partial charge in [0.05, 0.1) is 25.9 Å². The molecule has 2 atom stereocenters. The zero-order valence-corrected chi connectivity index (χ0v) is 10.9. The fourth-order valence-corrected chi connectivity index (χ4v) is 1.44. The molecule has 18 heavy (non-hydrogen) atoms. The summed E-state index contributed by atoms with van der Waals surface area (Å²) in [5.41, 5.74) is -1.67. The molecule has 0 aromatic carbocycles. The van der Waals surface area contributed by atoms with Crippen LogP contribution in [0.2, 0.25) is 0 Å². The number of nitrogens with one attached hydrogen (secondary N) is 1. The zero-order chi connectivity index (χ0) is 14.2. The highest BCUT2D eigenvalue weighted by atomic mass is 16.5. The molecule has 0 fully saturated rings. The lowest BCUT2D eigenvalue weighted by atomic mass is 9.83. The third-order valence-electron chi connectivity index (χ3n) is 2.59. The summed E-state index contributed by atoms with van der Waals surface area (Å²) >= 11 is 0. The van der Waals surface area contributed by atoms with Crippen molar-refractivity contribution < 1.29 is 29.3 Å². The monoisotopic (exact) mass is 263 g/mol. The summed E-state index contributed by atoms with van der Waals surface area (Å²) in [6.07, 6.45) is -1.24. The average molecular weight is 263 g/mol. The minimum absolute atomic E-state index is 0.0385. The van der Waals surface area contributed by atoms with Gasteiger partial charge < -0.3 is 25.0 Å². The van der Waals surface area contributed by atoms with E-state index in [2.05, 4.69) is 5.32 Å². The molecule has 0 spiro atoms. The van der Waals surface area contributed by atoms with Crippen molar-refractivity contribution in [2.75, 3.05) is 34.0 Å². The van der Waals surface area contributed by atoms with Gasteiger partial charge in [-0.2, -0.15) is 0 Å². The van der Waals surface area contributed by atoms with E-state index in [4.69, 9.17) is 14.6 Å². The van der Waals surface area contributed by atoms with Crippen LogP contribution in [0.3, 0.4) is 0 Å². The maximum atomic E-state index is 11.5. The van der Waals surface area contributed by atoms with Crippen LogP contribution in [0.25, 0.3) is 0 Å². The fourth-order valence-electron chi connectivity index (χ4n) is 1.44. The predicted molar refractivity (Wildman–Crippen MR) is 63.1 cm³/mol. The highest BCUT2D eigenvalue weighted by Crippen LogP contribution is 2.24. The summed E-state index contributed by atoms with van der Waals surface area (Å²) in [5.74, 6) is -1.93. The molecule has 0 saturated carbocycles. The lowest BCUT2D eigenvalue weighted by molar-refractivity contribution is -0.157. The Morgan fingerprint density at radius 2 is 2.00 bits per heavy atom. The molecule has 7 nitrogen and oxygen atoms in total. The number of amides is 1. The van der Waals surface area contributed by atoms with Crippen LogP contribution in [0.15, 0.2) is 0 Å². The van der Waals surface area contributed by atoms with E-state index in [-0.39, 0.29) is 13.0 Å². The van der Waals surface area contributed by atoms with Crippen LogP contribution in [0.1, 0.15) is 13.3 Å². The van der Waals surface area contributed by atoms with Gasteiger partial charge in [-0.1, -0.05) is 0 Å². The Labute approximate surface area is 106 Å². The Morgan fingerprint density at radius 1 is 1.39 bits per heavy atom. The van der Waals surface area contributed by atoms with Gasteiger partial charge in [-0.3, -0.25) is 9.59 Å². The number of rotatable bonds is 9. The second kappa shape index (κ2) is 8.02. The third kappa shape index (κ3) is 4.99. The number of hydrogen-bond acceptors (Lipinski definition) is 5. The predicted octanol–water partition coefficient (Wildman–Crippen LogP) is -0.763. The number of carboxylic acids is 1. The molecule has 0 aromatic heterocycles. The molecule has 0 aliphatic carbocycles. The van der Waals surface area contributed by atoms with Gasteiger partial charge in [0.15, 0.2) is 0 Å². The smallest absolute Gasteiger partial charge is 0.319 e. The van der Waals surface area contributed by atoms with E-state index in [1.165, 1.54) is 21.1 Å². The molecule has 0 aromatic rings. The number of methoxy groups -OCH3 is 1. The average Bonchev–Trinajstić information content (AvgIpc) is 2.33. The van der Waals surface area contributed by atoms with E-state index in [0.717, 1.165) is 0 Å². The number of carbonyl (C=O) groups is 2. The van der Waals surface area contributed by atoms with Crippen molar-refractivity contribution in [2.45, 2.75) is 19.4 Å². The zero-order valence-electron chi connectivity index (χ0n) is 10.9. The lowest BCUT2D eigenvalue weighted by Gasteiger charge is -2.25. The number of carbonyl (C=O) groups excluding carboxylic acids is 1. The number of aliphatic hydroxyl groups is 1. The van der Waals surface area contributed by atoms with Crippen molar-refractivity contribution in [3.05, 3.63) is 0 Å². The number of ether oxygens (including phenoxy) is 2. The topological polar surface area (TPSA) is 105 Å². The van der Waals surface area contributed by atoms with Crippen molar-refractivity contribution in [2.24, 2.45) is 5.41 Å². The van der Waals surface area contributed by atoms with E-state index in [0.29, 0.717) is 13.2 Å². The van der Waals surface area contributed by atoms with E-state index in [1.807, 2.05) is 0 Å². The Kier molecular flexibility index (Phi) is 7.49. The van der Waals surface area contributed by atoms with Crippen LogP contribution in [0, 0.1) is 5.41 Å². The van der Waals surface area contributed by atoms with Crippen molar-refractivity contribution in [1.82, 2.24) is 5.32 Å². The molecular weight excluding hydrogens is 242 g/mol. The van der Waals surface area contributed by atoms with Crippen LogP contribution < -0.4 is 5.32 Å². The van der Waals surface area contributed by atoms with Gasteiger partial charge in [-0.05, 0) is 6.92 Å². The van der Waals surface area contributed by atoms with Crippen molar-refractivity contribution >= 4 is 11.9 Å². The highest BCUT2D eigenvalue weighted by Gasteiger charge is 2.42. The largest absolute Gasteiger partial charge is 0.480 e. The van der Waals surface area contributed by atoms with Crippen molar-refractivity contribution in [1.29, 1.82) is 0 Å². The minimum Gasteiger partial charge on any atom is -0.480 e. The number of aliphatic carboxylic acids is 1. The molecule has 0 radical (unpaired) electrons. The Bertz CT molecular complexity index is 283. The van der Waals surface area contributed by atoms with E-state index in [1.54, 1.807) is 0 Å². The van der Waals surface area contributed by atoms with E-state index in [9.17, 15) is 14.7 Å². The van der Waals surface area contributed by atoms with E-state index < -0.39 is 23.4 Å². The van der Waals surface area contributed by atoms with Crippen molar-refractivity contribution in [3.8, 4) is 0 Å². The van der Waals surface area contributed by atoms with Crippen LogP contribution in [0.5, 0.6) is 0 Å². The van der Waals surface area contributed by atoms with Crippen LogP contribution in [-0.4, -0.2) is 62.2 Å². The van der Waals surface area contributed by atoms with Crippen LogP contribution in [-0.2, 0) is 19.1 Å². The number of carboxylic acid groups (broad SMARTS) is 1. The standard InChI is InChI=1S/C11H21NO6/c1-11(10(15)16,9(14)12-2)6-8(13)7-18-5-4-17-3/h8,13H,4-7H2,1-3H3,(H,12,14)(H,15,16). The molecule has 0 aliphatic heterocycles. The van der Waals surface area contributed by atoms with Gasteiger partial charge >= 0.3 is 5.97 Å². The quantitative estimate of drug-likeness (QED) is 0.373. The fraction of sp³-hybridized carbons (Fsp3) is 0.818. The summed E-state index contributed by atoms with van der Waals surface area (Å²) in [4.78, 5) is 22.6. The number of hydrogen-bond donors (Lipinski definition) is 3. The summed E-state index contributed by atoms with van der Waals surface area (Å²) < 4.78 is 9.83. The maximum Gasteiger partial charge on any atom is 0.319 e. The first-order valence-corrected chi connectivity index (χ1v) is 5.58. The Balaban J connectivity index is 4.33. The second-order valence-electron chi connectivity index (χ2n) is 4.14. The van der Waals surface area contributed by atoms with Crippen molar-refractivity contribution in [3.63, 3.8) is 0 Å². The SMILES string of the molecule is CNC(=O)C(C)(CC(O)COCCOC)C(=O)O. The van der Waals surface area contributed by atoms with Gasteiger partial charge in [0.25, 0.3) is 0 Å². The van der Waals surface area contributed by atoms with Gasteiger partial charge in [-0.15, -0.1) is 0 Å². The maximum absolute atomic E-state index is 11.5. The van der Waals surface area contributed by atoms with Crippen LogP contribution in [0.4, 0.5) is 0 Å². The molecule has 1 amide bonds. The summed E-state index contributed by atoms with van der Waals surface area (Å²) in [6, 6.07) is 0. The molecule has 7 heteroatoms. The first kappa shape index (κ1) is 16.8. The molecule has 0 saturated heterocycles. The molecule has 2 unspecified atom stereocenters. The first-order chi connectivity index (χ1) is 8.38. The second-order valence-corrected chi connectivity index (χ2v) is 4.14. The Hall–Kier alpha value is -1.18. The number of aliphatic hydroxyl groups excluding tert-OH is 1.